The van der Waals surface area contributed by atoms with Crippen molar-refractivity contribution >= 4 is 17.7 Å². The third-order valence-electron chi connectivity index (χ3n) is 4.43. The molecule has 0 fully saturated rings. The lowest BCUT2D eigenvalue weighted by molar-refractivity contribution is -0.314. The van der Waals surface area contributed by atoms with Gasteiger partial charge in [-0.15, -0.1) is 0 Å². The number of aryl methyl sites for hydroxylation is 1. The maximum absolute atomic E-state index is 11.1. The molecule has 2 aromatic carbocycles. The monoisotopic (exact) mass is 451 g/mol. The molecule has 0 aliphatic carbocycles. The molecule has 0 bridgehead atoms. The first-order chi connectivity index (χ1) is 14.0. The minimum atomic E-state index is -5.52. The van der Waals surface area contributed by atoms with Gasteiger partial charge < -0.3 is 23.6 Å². The average molecular weight is 451 g/mol. The molecule has 2 aromatic rings. The second kappa shape index (κ2) is 10.4. The molecule has 9 heteroatoms. The zero-order valence-electron chi connectivity index (χ0n) is 16.8. The number of benzene rings is 2. The van der Waals surface area contributed by atoms with Crippen molar-refractivity contribution in [3.05, 3.63) is 71.3 Å². The van der Waals surface area contributed by atoms with Crippen molar-refractivity contribution in [3.8, 4) is 11.5 Å². The summed E-state index contributed by atoms with van der Waals surface area (Å²) in [6.45, 7) is 4.04. The van der Waals surface area contributed by atoms with Crippen molar-refractivity contribution in [3.63, 3.8) is 0 Å². The number of rotatable bonds is 10. The van der Waals surface area contributed by atoms with Crippen LogP contribution in [-0.2, 0) is 27.5 Å². The third-order valence-corrected chi connectivity index (χ3v) is 7.85. The first kappa shape index (κ1) is 24.3. The molecule has 0 N–H and O–H groups in total. The van der Waals surface area contributed by atoms with Gasteiger partial charge >= 0.3 is 0 Å². The van der Waals surface area contributed by atoms with Crippen LogP contribution in [0.15, 0.2) is 60.2 Å². The van der Waals surface area contributed by atoms with Crippen LogP contribution in [0, 0.1) is 0 Å². The lowest BCUT2D eigenvalue weighted by Crippen LogP contribution is -2.32. The van der Waals surface area contributed by atoms with E-state index in [2.05, 4.69) is 6.08 Å². The van der Waals surface area contributed by atoms with Gasteiger partial charge in [0, 0.05) is 0 Å². The fraction of sp³-hybridized carbons (Fsp3) is 0.333. The Morgan fingerprint density at radius 2 is 1.83 bits per heavy atom. The normalized spacial score (nSPS) is 13.0. The summed E-state index contributed by atoms with van der Waals surface area (Å²) in [6.07, 6.45) is 2.65. The molecular formula is C21H24O7PS-3. The van der Waals surface area contributed by atoms with Gasteiger partial charge in [0.15, 0.2) is 0 Å². The highest BCUT2D eigenvalue weighted by molar-refractivity contribution is 7.93. The van der Waals surface area contributed by atoms with E-state index in [1.807, 2.05) is 38.1 Å². The molecule has 0 aliphatic heterocycles. The molecule has 2 rings (SSSR count). The fourth-order valence-corrected chi connectivity index (χ4v) is 5.14. The van der Waals surface area contributed by atoms with Crippen LogP contribution in [0.25, 0.3) is 0 Å². The smallest absolute Gasteiger partial charge is 0.130 e. The van der Waals surface area contributed by atoms with E-state index in [0.29, 0.717) is 17.9 Å². The highest BCUT2D eigenvalue weighted by Crippen LogP contribution is 2.38. The van der Waals surface area contributed by atoms with Crippen molar-refractivity contribution in [1.29, 1.82) is 0 Å². The van der Waals surface area contributed by atoms with Crippen LogP contribution in [0.4, 0.5) is 0 Å². The topological polar surface area (TPSA) is 130 Å². The van der Waals surface area contributed by atoms with Gasteiger partial charge in [0.1, 0.15) is 21.6 Å². The summed E-state index contributed by atoms with van der Waals surface area (Å²) in [4.78, 5) is 19.7. The van der Waals surface area contributed by atoms with Gasteiger partial charge in [-0.2, -0.15) is 0 Å². The Morgan fingerprint density at radius 3 is 2.47 bits per heavy atom. The van der Waals surface area contributed by atoms with E-state index in [1.54, 1.807) is 24.3 Å². The van der Waals surface area contributed by atoms with Gasteiger partial charge in [0.2, 0.25) is 0 Å². The first-order valence-electron chi connectivity index (χ1n) is 9.41. The van der Waals surface area contributed by atoms with E-state index >= 15 is 0 Å². The number of hydrogen-bond acceptors (Lipinski definition) is 7. The van der Waals surface area contributed by atoms with Gasteiger partial charge in [-0.05, 0) is 68.9 Å². The highest BCUT2D eigenvalue weighted by Gasteiger charge is 2.20. The predicted molar refractivity (Wildman–Crippen MR) is 110 cm³/mol. The molecule has 0 aromatic heterocycles. The number of ether oxygens (including phenoxy) is 1. The van der Waals surface area contributed by atoms with Crippen LogP contribution >= 0.6 is 7.60 Å². The molecule has 0 heterocycles. The summed E-state index contributed by atoms with van der Waals surface area (Å²) in [5.74, 6) is 1.28. The van der Waals surface area contributed by atoms with Crippen LogP contribution in [0.2, 0.25) is 0 Å². The molecule has 0 amide bonds. The van der Waals surface area contributed by atoms with E-state index in [-0.39, 0.29) is 6.42 Å². The van der Waals surface area contributed by atoms with Gasteiger partial charge in [-0.1, -0.05) is 49.6 Å². The number of allylic oxidation sites excluding steroid dienone is 2. The first-order valence-corrected chi connectivity index (χ1v) is 12.5. The molecule has 7 nitrogen and oxygen atoms in total. The number of hydrogen-bond donors (Lipinski definition) is 0. The Balaban J connectivity index is 2.07. The van der Waals surface area contributed by atoms with E-state index in [0.717, 1.165) is 17.5 Å². The highest BCUT2D eigenvalue weighted by atomic mass is 32.2. The molecular weight excluding hydrogens is 427 g/mol. The van der Waals surface area contributed by atoms with E-state index in [9.17, 15) is 27.3 Å². The van der Waals surface area contributed by atoms with Crippen molar-refractivity contribution in [2.75, 3.05) is 0 Å². The molecule has 0 radical (unpaired) electrons. The molecule has 0 saturated carbocycles. The van der Waals surface area contributed by atoms with Crippen LogP contribution < -0.4 is 14.5 Å². The zero-order chi connectivity index (χ0) is 22.4. The van der Waals surface area contributed by atoms with Crippen LogP contribution in [0.5, 0.6) is 11.5 Å². The molecule has 1 atom stereocenters. The van der Waals surface area contributed by atoms with Gasteiger partial charge in [0.05, 0.1) is 4.99 Å². The van der Waals surface area contributed by atoms with Crippen molar-refractivity contribution < 1.29 is 32.1 Å². The van der Waals surface area contributed by atoms with Gasteiger partial charge in [-0.25, -0.2) is 8.42 Å². The summed E-state index contributed by atoms with van der Waals surface area (Å²) in [5.41, 5.74) is 2.99. The average Bonchev–Trinajstić information content (AvgIpc) is 2.63. The quantitative estimate of drug-likeness (QED) is 0.308. The van der Waals surface area contributed by atoms with Gasteiger partial charge in [-0.3, -0.25) is 0 Å². The largest absolute Gasteiger partial charge is 0.810 e. The second-order valence-corrected chi connectivity index (χ2v) is 10.8. The van der Waals surface area contributed by atoms with Crippen molar-refractivity contribution in [2.45, 2.75) is 44.5 Å². The molecule has 0 spiro atoms. The Morgan fingerprint density at radius 1 is 1.13 bits per heavy atom. The van der Waals surface area contributed by atoms with Crippen LogP contribution in [0.3, 0.4) is 0 Å². The van der Waals surface area contributed by atoms with Gasteiger partial charge in [0.25, 0.3) is 0 Å². The van der Waals surface area contributed by atoms with Crippen molar-refractivity contribution in [2.24, 2.45) is 0 Å². The second-order valence-electron chi connectivity index (χ2n) is 7.22. The SMILES string of the molecule is CC(C)=CCc1ccccc1Oc1cccc(CCCC(P(=O)([O-])[O-])S(=O)(=O)[O-])c1. The maximum Gasteiger partial charge on any atom is 0.130 e. The fourth-order valence-electron chi connectivity index (χ4n) is 2.92. The standard InChI is InChI=1S/C21H27O7PS/c1-16(2)13-14-18-9-3-4-11-20(18)28-19-10-5-7-17(15-19)8-6-12-21(29(22,23)24)30(25,26)27/h3-5,7,9-11,13,15,21H,6,8,12,14H2,1-2H3,(H2,22,23,24)(H,25,26,27)/p-3. The Bertz CT molecular complexity index is 1040. The molecule has 164 valence electrons. The van der Waals surface area contributed by atoms with Crippen LogP contribution in [0.1, 0.15) is 37.8 Å². The lowest BCUT2D eigenvalue weighted by Gasteiger charge is -2.39. The molecule has 0 aliphatic rings. The summed E-state index contributed by atoms with van der Waals surface area (Å²) >= 11 is 0. The van der Waals surface area contributed by atoms with E-state index in [4.69, 9.17) is 4.74 Å². The Kier molecular flexibility index (Phi) is 8.41. The number of para-hydroxylation sites is 1. The van der Waals surface area contributed by atoms with Crippen LogP contribution in [-0.4, -0.2) is 18.0 Å². The summed E-state index contributed by atoms with van der Waals surface area (Å²) in [5, 5.41) is 0. The summed E-state index contributed by atoms with van der Waals surface area (Å²) < 4.78 is 50.2. The van der Waals surface area contributed by atoms with Crippen molar-refractivity contribution in [1.82, 2.24) is 0 Å². The zero-order valence-corrected chi connectivity index (χ0v) is 18.5. The maximum atomic E-state index is 11.1. The predicted octanol–water partition coefficient (Wildman–Crippen LogP) is 3.10. The molecule has 1 unspecified atom stereocenters. The lowest BCUT2D eigenvalue weighted by atomic mass is 10.1. The van der Waals surface area contributed by atoms with E-state index in [1.165, 1.54) is 5.57 Å². The molecule has 30 heavy (non-hydrogen) atoms. The minimum absolute atomic E-state index is 0.0568. The Labute approximate surface area is 177 Å². The van der Waals surface area contributed by atoms with E-state index < -0.39 is 29.1 Å². The third kappa shape index (κ3) is 7.70. The Hall–Kier alpha value is -1.96. The minimum Gasteiger partial charge on any atom is -0.810 e. The summed E-state index contributed by atoms with van der Waals surface area (Å²) in [6, 6.07) is 14.7. The summed E-state index contributed by atoms with van der Waals surface area (Å²) in [7, 11) is -10.7. The molecule has 0 saturated heterocycles.